The third kappa shape index (κ3) is 2.02. The molecule has 154 valence electrons. The molecule has 1 fully saturated rings. The van der Waals surface area contributed by atoms with E-state index in [1.165, 1.54) is 18.2 Å². The van der Waals surface area contributed by atoms with Gasteiger partial charge in [-0.25, -0.2) is 9.29 Å². The number of carbonyl (C=O) groups is 2. The first-order valence-electron chi connectivity index (χ1n) is 10.5. The second-order valence-corrected chi connectivity index (χ2v) is 8.66. The molecule has 3 atom stereocenters. The molecule has 3 aromatic rings. The summed E-state index contributed by atoms with van der Waals surface area (Å²) >= 11 is 0. The fourth-order valence-corrected chi connectivity index (χ4v) is 6.41. The number of halogens is 1. The minimum absolute atomic E-state index is 0.0276. The van der Waals surface area contributed by atoms with Gasteiger partial charge < -0.3 is 5.11 Å². The number of hydrogen-bond acceptors (Lipinski definition) is 3. The van der Waals surface area contributed by atoms with Crippen molar-refractivity contribution < 1.29 is 19.1 Å². The average Bonchev–Trinajstić information content (AvgIpc) is 3.05. The first kappa shape index (κ1) is 18.5. The van der Waals surface area contributed by atoms with Crippen LogP contribution >= 0.6 is 0 Å². The van der Waals surface area contributed by atoms with Crippen molar-refractivity contribution in [2.45, 2.75) is 24.4 Å². The molecular formula is C26H20FNO3. The fraction of sp³-hybridized carbons (Fsp3) is 0.231. The Balaban J connectivity index is 1.68. The van der Waals surface area contributed by atoms with E-state index in [1.54, 1.807) is 13.0 Å². The number of benzene rings is 3. The van der Waals surface area contributed by atoms with E-state index in [-0.39, 0.29) is 11.6 Å². The van der Waals surface area contributed by atoms with Crippen LogP contribution in [0.2, 0.25) is 0 Å². The zero-order valence-electron chi connectivity index (χ0n) is 16.8. The van der Waals surface area contributed by atoms with E-state index < -0.39 is 41.0 Å². The van der Waals surface area contributed by atoms with E-state index in [0.717, 1.165) is 27.2 Å². The molecule has 0 radical (unpaired) electrons. The predicted octanol–water partition coefficient (Wildman–Crippen LogP) is 3.76. The summed E-state index contributed by atoms with van der Waals surface area (Å²) in [6.45, 7) is 1.68. The first-order valence-corrected chi connectivity index (χ1v) is 10.5. The van der Waals surface area contributed by atoms with E-state index in [1.807, 2.05) is 48.5 Å². The third-order valence-corrected chi connectivity index (χ3v) is 7.44. The maximum Gasteiger partial charge on any atom is 0.239 e. The zero-order valence-corrected chi connectivity index (χ0v) is 16.8. The molecule has 0 spiro atoms. The predicted molar refractivity (Wildman–Crippen MR) is 113 cm³/mol. The smallest absolute Gasteiger partial charge is 0.239 e. The Morgan fingerprint density at radius 1 is 0.871 bits per heavy atom. The molecule has 31 heavy (non-hydrogen) atoms. The lowest BCUT2D eigenvalue weighted by Gasteiger charge is -2.55. The minimum atomic E-state index is -1.07. The number of aliphatic hydroxyl groups is 1. The summed E-state index contributed by atoms with van der Waals surface area (Å²) in [5, 5.41) is 11.3. The van der Waals surface area contributed by atoms with Crippen LogP contribution in [0.15, 0.2) is 72.8 Å². The van der Waals surface area contributed by atoms with Crippen molar-refractivity contribution in [3.63, 3.8) is 0 Å². The topological polar surface area (TPSA) is 57.6 Å². The van der Waals surface area contributed by atoms with Crippen LogP contribution in [0, 0.1) is 17.7 Å². The van der Waals surface area contributed by atoms with Gasteiger partial charge in [-0.05, 0) is 41.3 Å². The standard InChI is InChI=1S/C26H20FNO3/c1-14(29)26-17-10-4-2-8-15(17)21(16-9-3-5-11-18(16)26)22-23(26)25(31)28(24(22)30)20-13-7-6-12-19(20)27/h2-14,21-23,29H,1H3/t14-,21?,22+,23+,26?/m0/s1. The van der Waals surface area contributed by atoms with Crippen molar-refractivity contribution in [1.29, 1.82) is 0 Å². The Kier molecular flexibility index (Phi) is 3.64. The Bertz CT molecular complexity index is 1220. The SMILES string of the molecule is C[C@H](O)C12c3ccccc3C(c3ccccc31)[C@H]1C(=O)N(c3ccccc3F)C(=O)[C@@H]12. The highest BCUT2D eigenvalue weighted by Crippen LogP contribution is 2.65. The molecule has 4 nitrogen and oxygen atoms in total. The highest BCUT2D eigenvalue weighted by atomic mass is 19.1. The molecule has 0 saturated carbocycles. The van der Waals surface area contributed by atoms with E-state index in [0.29, 0.717) is 0 Å². The first-order chi connectivity index (χ1) is 15.0. The van der Waals surface area contributed by atoms with Crippen LogP contribution in [0.1, 0.15) is 35.1 Å². The van der Waals surface area contributed by atoms with Crippen molar-refractivity contribution in [3.05, 3.63) is 101 Å². The number of nitrogens with zero attached hydrogens (tertiary/aromatic N) is 1. The molecule has 2 amide bonds. The van der Waals surface area contributed by atoms with Gasteiger partial charge in [-0.1, -0.05) is 60.7 Å². The van der Waals surface area contributed by atoms with Gasteiger partial charge in [0.2, 0.25) is 11.8 Å². The lowest BCUT2D eigenvalue weighted by molar-refractivity contribution is -0.126. The molecule has 3 aliphatic carbocycles. The van der Waals surface area contributed by atoms with Crippen LogP contribution in [0.4, 0.5) is 10.1 Å². The minimum Gasteiger partial charge on any atom is -0.392 e. The summed E-state index contributed by atoms with van der Waals surface area (Å²) in [6.07, 6.45) is -0.930. The van der Waals surface area contributed by atoms with Crippen LogP contribution in [-0.2, 0) is 15.0 Å². The number of rotatable bonds is 2. The Morgan fingerprint density at radius 3 is 2.00 bits per heavy atom. The summed E-state index contributed by atoms with van der Waals surface area (Å²) in [5.74, 6) is -3.27. The molecule has 1 heterocycles. The van der Waals surface area contributed by atoms with Crippen molar-refractivity contribution in [2.75, 3.05) is 4.90 Å². The highest BCUT2D eigenvalue weighted by Gasteiger charge is 2.69. The molecule has 2 bridgehead atoms. The third-order valence-electron chi connectivity index (χ3n) is 7.44. The van der Waals surface area contributed by atoms with Gasteiger partial charge in [0.1, 0.15) is 5.82 Å². The molecule has 0 aromatic heterocycles. The quantitative estimate of drug-likeness (QED) is 0.651. The fourth-order valence-electron chi connectivity index (χ4n) is 6.41. The van der Waals surface area contributed by atoms with E-state index >= 15 is 0 Å². The number of aliphatic hydroxyl groups excluding tert-OH is 1. The number of amides is 2. The van der Waals surface area contributed by atoms with Gasteiger partial charge in [0, 0.05) is 5.92 Å². The van der Waals surface area contributed by atoms with Crippen LogP contribution in [0.25, 0.3) is 0 Å². The van der Waals surface area contributed by atoms with E-state index in [4.69, 9.17) is 0 Å². The molecule has 5 heteroatoms. The van der Waals surface area contributed by atoms with Gasteiger partial charge in [-0.2, -0.15) is 0 Å². The molecule has 1 N–H and O–H groups in total. The van der Waals surface area contributed by atoms with Crippen molar-refractivity contribution in [2.24, 2.45) is 11.8 Å². The summed E-state index contributed by atoms with van der Waals surface area (Å²) < 4.78 is 14.7. The number of imide groups is 1. The van der Waals surface area contributed by atoms with E-state index in [9.17, 15) is 19.1 Å². The monoisotopic (exact) mass is 413 g/mol. The van der Waals surface area contributed by atoms with Crippen molar-refractivity contribution in [1.82, 2.24) is 0 Å². The highest BCUT2D eigenvalue weighted by molar-refractivity contribution is 6.23. The molecular weight excluding hydrogens is 393 g/mol. The Morgan fingerprint density at radius 2 is 1.42 bits per heavy atom. The number of anilines is 1. The zero-order chi connectivity index (χ0) is 21.5. The summed E-state index contributed by atoms with van der Waals surface area (Å²) in [6, 6.07) is 21.3. The van der Waals surface area contributed by atoms with Gasteiger partial charge in [-0.3, -0.25) is 9.59 Å². The maximum atomic E-state index is 14.7. The second kappa shape index (κ2) is 6.11. The van der Waals surface area contributed by atoms with Gasteiger partial charge >= 0.3 is 0 Å². The molecule has 0 unspecified atom stereocenters. The van der Waals surface area contributed by atoms with Crippen LogP contribution in [0.5, 0.6) is 0 Å². The van der Waals surface area contributed by atoms with Gasteiger partial charge in [0.05, 0.1) is 29.0 Å². The van der Waals surface area contributed by atoms with Crippen molar-refractivity contribution >= 4 is 17.5 Å². The van der Waals surface area contributed by atoms with Crippen LogP contribution < -0.4 is 4.90 Å². The number of para-hydroxylation sites is 1. The van der Waals surface area contributed by atoms with Crippen LogP contribution in [0.3, 0.4) is 0 Å². The number of hydrogen-bond donors (Lipinski definition) is 1. The van der Waals surface area contributed by atoms with Crippen LogP contribution in [-0.4, -0.2) is 23.0 Å². The van der Waals surface area contributed by atoms with Gasteiger partial charge in [0.15, 0.2) is 0 Å². The second-order valence-electron chi connectivity index (χ2n) is 8.66. The largest absolute Gasteiger partial charge is 0.392 e. The molecule has 1 aliphatic heterocycles. The molecule has 7 rings (SSSR count). The summed E-state index contributed by atoms with van der Waals surface area (Å²) in [4.78, 5) is 28.6. The summed E-state index contributed by atoms with van der Waals surface area (Å²) in [7, 11) is 0. The van der Waals surface area contributed by atoms with Gasteiger partial charge in [-0.15, -0.1) is 0 Å². The maximum absolute atomic E-state index is 14.7. The average molecular weight is 413 g/mol. The normalized spacial score (nSPS) is 28.9. The Labute approximate surface area is 178 Å². The van der Waals surface area contributed by atoms with Crippen molar-refractivity contribution in [3.8, 4) is 0 Å². The molecule has 4 aliphatic rings. The summed E-state index contributed by atoms with van der Waals surface area (Å²) in [5.41, 5.74) is 2.58. The number of carbonyl (C=O) groups excluding carboxylic acids is 2. The Hall–Kier alpha value is -3.31. The van der Waals surface area contributed by atoms with Gasteiger partial charge in [0.25, 0.3) is 0 Å². The lowest BCUT2D eigenvalue weighted by Crippen LogP contribution is -2.58. The molecule has 1 saturated heterocycles. The lowest BCUT2D eigenvalue weighted by atomic mass is 9.46. The van der Waals surface area contributed by atoms with E-state index in [2.05, 4.69) is 0 Å². The molecule has 3 aromatic carbocycles.